The molecule has 20 heavy (non-hydrogen) atoms. The first-order valence-electron chi connectivity index (χ1n) is 6.21. The van der Waals surface area contributed by atoms with Gasteiger partial charge in [-0.2, -0.15) is 13.2 Å². The van der Waals surface area contributed by atoms with Crippen LogP contribution in [-0.2, 0) is 9.53 Å². The molecule has 0 saturated carbocycles. The van der Waals surface area contributed by atoms with Crippen molar-refractivity contribution in [3.8, 4) is 5.75 Å². The number of esters is 1. The molecule has 7 heteroatoms. The average Bonchev–Trinajstić information content (AvgIpc) is 2.71. The van der Waals surface area contributed by atoms with E-state index < -0.39 is 17.9 Å². The maximum absolute atomic E-state index is 12.4. The van der Waals surface area contributed by atoms with Gasteiger partial charge in [0, 0.05) is 5.56 Å². The second-order valence-corrected chi connectivity index (χ2v) is 4.86. The maximum atomic E-state index is 12.4. The predicted molar refractivity (Wildman–Crippen MR) is 62.2 cm³/mol. The van der Waals surface area contributed by atoms with E-state index >= 15 is 0 Å². The van der Waals surface area contributed by atoms with Crippen LogP contribution in [0.25, 0.3) is 0 Å². The Balaban J connectivity index is 1.93. The van der Waals surface area contributed by atoms with Crippen LogP contribution >= 0.6 is 0 Å². The number of carbonyl (C=O) groups is 1. The summed E-state index contributed by atoms with van der Waals surface area (Å²) in [7, 11) is 0. The summed E-state index contributed by atoms with van der Waals surface area (Å²) in [4.78, 5) is 11.2. The van der Waals surface area contributed by atoms with Gasteiger partial charge in [0.2, 0.25) is 0 Å². The second-order valence-electron chi connectivity index (χ2n) is 4.86. The number of para-hydroxylation sites is 1. The lowest BCUT2D eigenvalue weighted by molar-refractivity contribution is -0.243. The van der Waals surface area contributed by atoms with E-state index in [1.807, 2.05) is 0 Å². The fourth-order valence-corrected chi connectivity index (χ4v) is 2.74. The monoisotopic (exact) mass is 287 g/mol. The molecule has 2 atom stereocenters. The molecule has 2 aliphatic rings. The number of piperidine rings is 1. The van der Waals surface area contributed by atoms with Gasteiger partial charge in [-0.3, -0.25) is 0 Å². The van der Waals surface area contributed by atoms with Crippen molar-refractivity contribution in [2.45, 2.75) is 24.3 Å². The molecule has 2 heterocycles. The molecule has 1 N–H and O–H groups in total. The summed E-state index contributed by atoms with van der Waals surface area (Å²) in [5.41, 5.74) is 0.781. The highest BCUT2D eigenvalue weighted by Crippen LogP contribution is 2.48. The van der Waals surface area contributed by atoms with Gasteiger partial charge in [0.15, 0.2) is 0 Å². The number of hydrogen-bond donors (Lipinski definition) is 1. The molecule has 4 nitrogen and oxygen atoms in total. The second kappa shape index (κ2) is 4.37. The number of alkyl halides is 3. The zero-order chi connectivity index (χ0) is 14.4. The first-order valence-corrected chi connectivity index (χ1v) is 6.21. The summed E-state index contributed by atoms with van der Waals surface area (Å²) in [5, 5.41) is 2.92. The van der Waals surface area contributed by atoms with Crippen molar-refractivity contribution >= 4 is 5.97 Å². The smallest absolute Gasteiger partial charge is 0.450 e. The van der Waals surface area contributed by atoms with E-state index in [0.717, 1.165) is 5.56 Å². The van der Waals surface area contributed by atoms with Crippen LogP contribution in [0.2, 0.25) is 0 Å². The van der Waals surface area contributed by atoms with Crippen LogP contribution in [0.5, 0.6) is 5.75 Å². The van der Waals surface area contributed by atoms with Gasteiger partial charge in [-0.1, -0.05) is 18.2 Å². The Bertz CT molecular complexity index is 546. The third kappa shape index (κ3) is 2.02. The summed E-state index contributed by atoms with van der Waals surface area (Å²) in [6.45, 7) is 0.668. The zero-order valence-corrected chi connectivity index (χ0v) is 10.4. The zero-order valence-electron chi connectivity index (χ0n) is 10.4. The minimum absolute atomic E-state index is 0.0359. The molecule has 1 aromatic rings. The Labute approximate surface area is 112 Å². The first-order chi connectivity index (χ1) is 9.42. The van der Waals surface area contributed by atoms with E-state index in [2.05, 4.69) is 5.32 Å². The Morgan fingerprint density at radius 3 is 2.90 bits per heavy atom. The predicted octanol–water partition coefficient (Wildman–Crippen LogP) is 1.96. The normalized spacial score (nSPS) is 28.2. The average molecular weight is 287 g/mol. The summed E-state index contributed by atoms with van der Waals surface area (Å²) in [5.74, 6) is -3.74. The largest absolute Gasteiger partial charge is 0.491 e. The van der Waals surface area contributed by atoms with Crippen molar-refractivity contribution in [1.82, 2.24) is 5.32 Å². The maximum Gasteiger partial charge on any atom is 0.491 e. The lowest BCUT2D eigenvalue weighted by Gasteiger charge is -2.37. The van der Waals surface area contributed by atoms with Gasteiger partial charge in [-0.05, 0) is 19.0 Å². The van der Waals surface area contributed by atoms with E-state index in [0.29, 0.717) is 18.7 Å². The number of fused-ring (bicyclic) bond motifs is 3. The van der Waals surface area contributed by atoms with Crippen molar-refractivity contribution in [2.75, 3.05) is 13.1 Å². The summed E-state index contributed by atoms with van der Waals surface area (Å²) in [6, 6.07) is 6.96. The number of halogens is 3. The fraction of sp³-hybridized carbons (Fsp3) is 0.462. The van der Waals surface area contributed by atoms with Crippen LogP contribution in [0, 0.1) is 0 Å². The van der Waals surface area contributed by atoms with E-state index in [1.54, 1.807) is 24.3 Å². The third-order valence-electron chi connectivity index (χ3n) is 3.59. The van der Waals surface area contributed by atoms with Crippen molar-refractivity contribution < 1.29 is 27.4 Å². The van der Waals surface area contributed by atoms with Gasteiger partial charge in [0.25, 0.3) is 5.79 Å². The molecular formula is C13H12F3NO3. The third-order valence-corrected chi connectivity index (χ3v) is 3.59. The number of rotatable bonds is 1. The minimum Gasteiger partial charge on any atom is -0.450 e. The van der Waals surface area contributed by atoms with E-state index in [9.17, 15) is 18.0 Å². The van der Waals surface area contributed by atoms with Crippen LogP contribution in [0.15, 0.2) is 24.3 Å². The first kappa shape index (κ1) is 13.2. The van der Waals surface area contributed by atoms with Crippen molar-refractivity contribution in [1.29, 1.82) is 0 Å². The summed E-state index contributed by atoms with van der Waals surface area (Å²) < 4.78 is 47.6. The Morgan fingerprint density at radius 1 is 1.40 bits per heavy atom. The van der Waals surface area contributed by atoms with E-state index in [4.69, 9.17) is 9.47 Å². The lowest BCUT2D eigenvalue weighted by atomic mass is 9.87. The van der Waals surface area contributed by atoms with Gasteiger partial charge in [-0.15, -0.1) is 0 Å². The molecule has 108 valence electrons. The molecule has 0 aliphatic carbocycles. The number of ether oxygens (including phenoxy) is 2. The standard InChI is InChI=1S/C13H12F3NO3/c14-13(15,16)11(18)20-12-7-17-6-5-9(12)8-3-1-2-4-10(8)19-12/h1-4,9,17H,5-7H2. The highest BCUT2D eigenvalue weighted by Gasteiger charge is 2.56. The molecule has 3 rings (SSSR count). The topological polar surface area (TPSA) is 47.6 Å². The Kier molecular flexibility index (Phi) is 2.89. The van der Waals surface area contributed by atoms with Gasteiger partial charge in [-0.25, -0.2) is 4.79 Å². The highest BCUT2D eigenvalue weighted by atomic mass is 19.4. The number of nitrogens with one attached hydrogen (secondary N) is 1. The van der Waals surface area contributed by atoms with Crippen molar-refractivity contribution in [2.24, 2.45) is 0 Å². The molecule has 0 radical (unpaired) electrons. The quantitative estimate of drug-likeness (QED) is 0.802. The Morgan fingerprint density at radius 2 is 2.15 bits per heavy atom. The van der Waals surface area contributed by atoms with Crippen LogP contribution < -0.4 is 10.1 Å². The number of benzene rings is 1. The summed E-state index contributed by atoms with van der Waals surface area (Å²) >= 11 is 0. The molecule has 1 fully saturated rings. The summed E-state index contributed by atoms with van der Waals surface area (Å²) in [6.07, 6.45) is -4.49. The minimum atomic E-state index is -5.03. The van der Waals surface area contributed by atoms with Crippen molar-refractivity contribution in [3.63, 3.8) is 0 Å². The van der Waals surface area contributed by atoms with Crippen LogP contribution in [0.1, 0.15) is 17.9 Å². The molecule has 2 aliphatic heterocycles. The van der Waals surface area contributed by atoms with Crippen LogP contribution in [0.4, 0.5) is 13.2 Å². The van der Waals surface area contributed by atoms with Crippen LogP contribution in [-0.4, -0.2) is 31.0 Å². The molecule has 1 aromatic carbocycles. The molecule has 0 amide bonds. The molecule has 0 bridgehead atoms. The highest BCUT2D eigenvalue weighted by molar-refractivity contribution is 5.76. The van der Waals surface area contributed by atoms with E-state index in [1.165, 1.54) is 0 Å². The van der Waals surface area contributed by atoms with Gasteiger partial charge < -0.3 is 14.8 Å². The Hall–Kier alpha value is -1.76. The molecule has 1 saturated heterocycles. The van der Waals surface area contributed by atoms with Crippen molar-refractivity contribution in [3.05, 3.63) is 29.8 Å². The SMILES string of the molecule is O=C(OC12CNCCC1c1ccccc1O2)C(F)(F)F. The molecule has 0 spiro atoms. The lowest BCUT2D eigenvalue weighted by Crippen LogP contribution is -2.56. The number of carbonyl (C=O) groups excluding carboxylic acids is 1. The molecule has 2 unspecified atom stereocenters. The fourth-order valence-electron chi connectivity index (χ4n) is 2.74. The van der Waals surface area contributed by atoms with E-state index in [-0.39, 0.29) is 12.5 Å². The molecule has 0 aromatic heterocycles. The van der Waals surface area contributed by atoms with Gasteiger partial charge in [0.1, 0.15) is 5.75 Å². The van der Waals surface area contributed by atoms with Gasteiger partial charge in [0.05, 0.1) is 12.5 Å². The van der Waals surface area contributed by atoms with Gasteiger partial charge >= 0.3 is 12.1 Å². The number of hydrogen-bond acceptors (Lipinski definition) is 4. The van der Waals surface area contributed by atoms with Crippen LogP contribution in [0.3, 0.4) is 0 Å². The molecular weight excluding hydrogens is 275 g/mol.